The number of hydrogen-bond donors (Lipinski definition) is 1. The Morgan fingerprint density at radius 2 is 1.89 bits per heavy atom. The highest BCUT2D eigenvalue weighted by Gasteiger charge is 2.27. The summed E-state index contributed by atoms with van der Waals surface area (Å²) < 4.78 is 25.3. The van der Waals surface area contributed by atoms with Gasteiger partial charge >= 0.3 is 0 Å². The number of hydrogen-bond acceptors (Lipinski definition) is 5. The van der Waals surface area contributed by atoms with Crippen LogP contribution in [0.4, 0.5) is 0 Å². The van der Waals surface area contributed by atoms with Crippen molar-refractivity contribution in [1.82, 2.24) is 14.6 Å². The lowest BCUT2D eigenvalue weighted by molar-refractivity contribution is 0.0924. The summed E-state index contributed by atoms with van der Waals surface area (Å²) in [5.74, 6) is -0.00596. The van der Waals surface area contributed by atoms with Gasteiger partial charge in [-0.2, -0.15) is 0 Å². The van der Waals surface area contributed by atoms with Gasteiger partial charge in [0.15, 0.2) is 0 Å². The van der Waals surface area contributed by atoms with Crippen LogP contribution in [0.5, 0.6) is 0 Å². The molecular weight excluding hydrogens is 382 g/mol. The predicted octanol–water partition coefficient (Wildman–Crippen LogP) is 2.78. The summed E-state index contributed by atoms with van der Waals surface area (Å²) in [7, 11) is -3.14. The first-order valence-corrected chi connectivity index (χ1v) is 11.4. The van der Waals surface area contributed by atoms with E-state index in [1.165, 1.54) is 4.31 Å². The molecule has 27 heavy (non-hydrogen) atoms. The SMILES string of the molecule is CCS(=O)(=O)N1CCC(NC(=O)c2ccc(Sc3ccccn3)cc2)CC1. The predicted molar refractivity (Wildman–Crippen MR) is 106 cm³/mol. The van der Waals surface area contributed by atoms with Gasteiger partial charge in [0, 0.05) is 35.8 Å². The van der Waals surface area contributed by atoms with Crippen molar-refractivity contribution < 1.29 is 13.2 Å². The van der Waals surface area contributed by atoms with E-state index >= 15 is 0 Å². The molecule has 144 valence electrons. The van der Waals surface area contributed by atoms with Crippen LogP contribution in [0.15, 0.2) is 58.6 Å². The molecule has 1 N–H and O–H groups in total. The second kappa shape index (κ2) is 8.86. The molecule has 0 spiro atoms. The van der Waals surface area contributed by atoms with Crippen LogP contribution in [0.25, 0.3) is 0 Å². The summed E-state index contributed by atoms with van der Waals surface area (Å²) in [6.07, 6.45) is 3.03. The van der Waals surface area contributed by atoms with E-state index in [9.17, 15) is 13.2 Å². The second-order valence-corrected chi connectivity index (χ2v) is 9.69. The van der Waals surface area contributed by atoms with E-state index in [4.69, 9.17) is 0 Å². The number of pyridine rings is 1. The average Bonchev–Trinajstić information content (AvgIpc) is 2.70. The molecule has 1 aromatic carbocycles. The largest absolute Gasteiger partial charge is 0.349 e. The Labute approximate surface area is 164 Å². The van der Waals surface area contributed by atoms with Crippen molar-refractivity contribution in [1.29, 1.82) is 0 Å². The normalized spacial score (nSPS) is 16.2. The molecule has 2 heterocycles. The number of carbonyl (C=O) groups is 1. The number of aromatic nitrogens is 1. The molecule has 1 aliphatic heterocycles. The Morgan fingerprint density at radius 1 is 1.19 bits per heavy atom. The number of carbonyl (C=O) groups excluding carboxylic acids is 1. The number of sulfonamides is 1. The molecule has 1 fully saturated rings. The van der Waals surface area contributed by atoms with Crippen LogP contribution in [-0.4, -0.2) is 48.5 Å². The molecule has 0 bridgehead atoms. The number of nitrogens with zero attached hydrogens (tertiary/aromatic N) is 2. The molecule has 0 atom stereocenters. The summed E-state index contributed by atoms with van der Waals surface area (Å²) in [6.45, 7) is 2.57. The van der Waals surface area contributed by atoms with Crippen LogP contribution in [0, 0.1) is 0 Å². The van der Waals surface area contributed by atoms with Crippen molar-refractivity contribution in [2.24, 2.45) is 0 Å². The molecule has 3 rings (SSSR count). The third-order valence-corrected chi connectivity index (χ3v) is 7.36. The number of rotatable bonds is 6. The average molecular weight is 406 g/mol. The summed E-state index contributed by atoms with van der Waals surface area (Å²) in [4.78, 5) is 17.7. The van der Waals surface area contributed by atoms with Gasteiger partial charge in [-0.1, -0.05) is 17.8 Å². The molecule has 2 aromatic rings. The van der Waals surface area contributed by atoms with Gasteiger partial charge in [0.05, 0.1) is 5.75 Å². The van der Waals surface area contributed by atoms with E-state index < -0.39 is 10.0 Å². The Morgan fingerprint density at radius 3 is 2.48 bits per heavy atom. The lowest BCUT2D eigenvalue weighted by Gasteiger charge is -2.31. The monoisotopic (exact) mass is 405 g/mol. The minimum Gasteiger partial charge on any atom is -0.349 e. The molecule has 1 amide bonds. The van der Waals surface area contributed by atoms with Crippen molar-refractivity contribution in [2.75, 3.05) is 18.8 Å². The van der Waals surface area contributed by atoms with Gasteiger partial charge in [-0.3, -0.25) is 4.79 Å². The van der Waals surface area contributed by atoms with E-state index in [0.29, 0.717) is 31.5 Å². The fraction of sp³-hybridized carbons (Fsp3) is 0.368. The third-order valence-electron chi connectivity index (χ3n) is 4.52. The molecule has 0 saturated carbocycles. The Bertz CT molecular complexity index is 863. The van der Waals surface area contributed by atoms with Crippen LogP contribution in [-0.2, 0) is 10.0 Å². The number of nitrogens with one attached hydrogen (secondary N) is 1. The standard InChI is InChI=1S/C19H23N3O3S2/c1-2-27(24,25)22-13-10-16(11-14-22)21-19(23)15-6-8-17(9-7-15)26-18-5-3-4-12-20-18/h3-9,12,16H,2,10-11,13-14H2,1H3,(H,21,23). The molecule has 0 unspecified atom stereocenters. The Balaban J connectivity index is 1.53. The molecule has 0 radical (unpaired) electrons. The maximum atomic E-state index is 12.5. The van der Waals surface area contributed by atoms with Crippen molar-refractivity contribution in [3.63, 3.8) is 0 Å². The molecule has 8 heteroatoms. The molecule has 1 saturated heterocycles. The first-order chi connectivity index (χ1) is 13.0. The first-order valence-electron chi connectivity index (χ1n) is 8.95. The molecule has 6 nitrogen and oxygen atoms in total. The van der Waals surface area contributed by atoms with Gasteiger partial charge in [-0.05, 0) is 56.2 Å². The highest BCUT2D eigenvalue weighted by atomic mass is 32.2. The van der Waals surface area contributed by atoms with Crippen LogP contribution in [0.2, 0.25) is 0 Å². The topological polar surface area (TPSA) is 79.4 Å². The minimum atomic E-state index is -3.14. The van der Waals surface area contributed by atoms with Crippen LogP contribution in [0.1, 0.15) is 30.1 Å². The minimum absolute atomic E-state index is 0.00313. The Kier molecular flexibility index (Phi) is 6.51. The summed E-state index contributed by atoms with van der Waals surface area (Å²) >= 11 is 1.54. The molecular formula is C19H23N3O3S2. The van der Waals surface area contributed by atoms with Gasteiger partial charge in [-0.15, -0.1) is 0 Å². The lowest BCUT2D eigenvalue weighted by atomic mass is 10.1. The molecule has 1 aromatic heterocycles. The fourth-order valence-corrected chi connectivity index (χ4v) is 4.84. The van der Waals surface area contributed by atoms with E-state index in [1.807, 2.05) is 30.3 Å². The molecule has 0 aliphatic carbocycles. The highest BCUT2D eigenvalue weighted by molar-refractivity contribution is 7.99. The van der Waals surface area contributed by atoms with Gasteiger partial charge < -0.3 is 5.32 Å². The van der Waals surface area contributed by atoms with E-state index in [2.05, 4.69) is 10.3 Å². The maximum absolute atomic E-state index is 12.5. The second-order valence-electron chi connectivity index (χ2n) is 6.34. The smallest absolute Gasteiger partial charge is 0.251 e. The van der Waals surface area contributed by atoms with E-state index in [-0.39, 0.29) is 17.7 Å². The van der Waals surface area contributed by atoms with E-state index in [0.717, 1.165) is 9.92 Å². The lowest BCUT2D eigenvalue weighted by Crippen LogP contribution is -2.46. The molecule has 1 aliphatic rings. The van der Waals surface area contributed by atoms with Crippen molar-refractivity contribution in [3.05, 3.63) is 54.2 Å². The summed E-state index contributed by atoms with van der Waals surface area (Å²) in [5.41, 5.74) is 0.601. The number of benzene rings is 1. The maximum Gasteiger partial charge on any atom is 0.251 e. The fourth-order valence-electron chi connectivity index (χ4n) is 2.93. The first kappa shape index (κ1) is 19.9. The zero-order valence-corrected chi connectivity index (χ0v) is 16.8. The Hall–Kier alpha value is -1.90. The quantitative estimate of drug-likeness (QED) is 0.799. The van der Waals surface area contributed by atoms with Gasteiger partial charge in [0.1, 0.15) is 5.03 Å². The van der Waals surface area contributed by atoms with Gasteiger partial charge in [0.25, 0.3) is 5.91 Å². The summed E-state index contributed by atoms with van der Waals surface area (Å²) in [5, 5.41) is 3.92. The highest BCUT2D eigenvalue weighted by Crippen LogP contribution is 2.25. The van der Waals surface area contributed by atoms with E-state index in [1.54, 1.807) is 37.0 Å². The van der Waals surface area contributed by atoms with Crippen LogP contribution in [0.3, 0.4) is 0 Å². The zero-order valence-electron chi connectivity index (χ0n) is 15.2. The third kappa shape index (κ3) is 5.31. The van der Waals surface area contributed by atoms with Crippen molar-refractivity contribution >= 4 is 27.7 Å². The number of amides is 1. The van der Waals surface area contributed by atoms with Crippen LogP contribution >= 0.6 is 11.8 Å². The van der Waals surface area contributed by atoms with Gasteiger partial charge in [-0.25, -0.2) is 17.7 Å². The van der Waals surface area contributed by atoms with Crippen molar-refractivity contribution in [3.8, 4) is 0 Å². The summed E-state index contributed by atoms with van der Waals surface area (Å²) in [6, 6.07) is 13.2. The van der Waals surface area contributed by atoms with Crippen LogP contribution < -0.4 is 5.32 Å². The zero-order chi connectivity index (χ0) is 19.3. The number of piperidine rings is 1. The van der Waals surface area contributed by atoms with Gasteiger partial charge in [0.2, 0.25) is 10.0 Å². The van der Waals surface area contributed by atoms with Crippen molar-refractivity contribution in [2.45, 2.75) is 35.7 Å².